The quantitative estimate of drug-likeness (QED) is 0.601. The van der Waals surface area contributed by atoms with Gasteiger partial charge in [-0.2, -0.15) is 0 Å². The molecule has 1 aromatic heterocycles. The number of H-pyrrole nitrogens is 1. The zero-order valence-corrected chi connectivity index (χ0v) is 14.3. The summed E-state index contributed by atoms with van der Waals surface area (Å²) in [6.45, 7) is 1.54. The van der Waals surface area contributed by atoms with Crippen LogP contribution >= 0.6 is 11.8 Å². The van der Waals surface area contributed by atoms with Crippen molar-refractivity contribution in [1.29, 1.82) is 0 Å². The van der Waals surface area contributed by atoms with Crippen molar-refractivity contribution in [3.63, 3.8) is 0 Å². The third kappa shape index (κ3) is 3.46. The molecule has 1 aliphatic heterocycles. The number of carbonyl (C=O) groups is 2. The highest BCUT2D eigenvalue weighted by atomic mass is 32.2. The molecule has 1 aromatic carbocycles. The summed E-state index contributed by atoms with van der Waals surface area (Å²) in [6, 6.07) is 3.20. The summed E-state index contributed by atoms with van der Waals surface area (Å²) in [5.41, 5.74) is 0.799. The Kier molecular flexibility index (Phi) is 4.08. The van der Waals surface area contributed by atoms with Crippen LogP contribution in [0.2, 0.25) is 0 Å². The topological polar surface area (TPSA) is 106 Å². The Hall–Kier alpha value is -2.55. The molecule has 1 saturated carbocycles. The van der Waals surface area contributed by atoms with Crippen LogP contribution in [0.5, 0.6) is 11.5 Å². The average Bonchev–Trinajstić information content (AvgIpc) is 3.15. The van der Waals surface area contributed by atoms with Gasteiger partial charge in [0.05, 0.1) is 11.4 Å². The van der Waals surface area contributed by atoms with Gasteiger partial charge >= 0.3 is 0 Å². The first-order valence-electron chi connectivity index (χ1n) is 7.89. The molecule has 2 N–H and O–H groups in total. The van der Waals surface area contributed by atoms with E-state index in [-0.39, 0.29) is 24.2 Å². The zero-order chi connectivity index (χ0) is 17.4. The molecule has 1 amide bonds. The fraction of sp³-hybridized carbons (Fsp3) is 0.375. The van der Waals surface area contributed by atoms with Crippen LogP contribution in [0.1, 0.15) is 41.9 Å². The minimum Gasteiger partial charge on any atom is -0.454 e. The van der Waals surface area contributed by atoms with Crippen molar-refractivity contribution in [3.05, 3.63) is 23.5 Å². The molecule has 2 aliphatic rings. The smallest absolute Gasteiger partial charge is 0.234 e. The van der Waals surface area contributed by atoms with Gasteiger partial charge in [0.2, 0.25) is 17.9 Å². The molecular weight excluding hydrogens is 344 g/mol. The number of hydrogen-bond acceptors (Lipinski definition) is 7. The van der Waals surface area contributed by atoms with Crippen molar-refractivity contribution >= 4 is 29.1 Å². The summed E-state index contributed by atoms with van der Waals surface area (Å²) in [7, 11) is 0. The first-order valence-corrected chi connectivity index (χ1v) is 8.88. The fourth-order valence-electron chi connectivity index (χ4n) is 2.52. The summed E-state index contributed by atoms with van der Waals surface area (Å²) in [5, 5.41) is 10.3. The number of ketones is 1. The molecule has 0 saturated heterocycles. The maximum absolute atomic E-state index is 12.2. The number of aromatic nitrogens is 3. The lowest BCUT2D eigenvalue weighted by molar-refractivity contribution is -0.113. The molecule has 0 spiro atoms. The lowest BCUT2D eigenvalue weighted by Gasteiger charge is -2.10. The van der Waals surface area contributed by atoms with E-state index in [1.54, 1.807) is 12.1 Å². The lowest BCUT2D eigenvalue weighted by Crippen LogP contribution is -2.16. The predicted molar refractivity (Wildman–Crippen MR) is 90.3 cm³/mol. The van der Waals surface area contributed by atoms with E-state index in [0.717, 1.165) is 18.7 Å². The van der Waals surface area contributed by atoms with Gasteiger partial charge in [-0.1, -0.05) is 11.8 Å². The van der Waals surface area contributed by atoms with Crippen LogP contribution < -0.4 is 14.8 Å². The first-order chi connectivity index (χ1) is 12.1. The second kappa shape index (κ2) is 6.40. The van der Waals surface area contributed by atoms with Gasteiger partial charge in [0.1, 0.15) is 5.82 Å². The largest absolute Gasteiger partial charge is 0.454 e. The molecule has 130 valence electrons. The predicted octanol–water partition coefficient (Wildman–Crippen LogP) is 2.34. The van der Waals surface area contributed by atoms with Crippen LogP contribution in [0.25, 0.3) is 0 Å². The highest BCUT2D eigenvalue weighted by molar-refractivity contribution is 7.99. The lowest BCUT2D eigenvalue weighted by atomic mass is 10.1. The molecule has 4 rings (SSSR count). The van der Waals surface area contributed by atoms with Gasteiger partial charge in [-0.3, -0.25) is 14.7 Å². The monoisotopic (exact) mass is 360 g/mol. The maximum Gasteiger partial charge on any atom is 0.234 e. The molecule has 9 heteroatoms. The van der Waals surface area contributed by atoms with Crippen LogP contribution in [0.4, 0.5) is 5.69 Å². The van der Waals surface area contributed by atoms with Crippen molar-refractivity contribution in [2.45, 2.75) is 30.8 Å². The Labute approximate surface area is 147 Å². The van der Waals surface area contributed by atoms with Crippen molar-refractivity contribution in [2.24, 2.45) is 0 Å². The summed E-state index contributed by atoms with van der Waals surface area (Å²) in [4.78, 5) is 28.4. The van der Waals surface area contributed by atoms with Crippen LogP contribution in [0.3, 0.4) is 0 Å². The summed E-state index contributed by atoms with van der Waals surface area (Å²) >= 11 is 1.25. The number of carbonyl (C=O) groups excluding carboxylic acids is 2. The molecule has 8 nitrogen and oxygen atoms in total. The molecule has 0 bridgehead atoms. The second-order valence-corrected chi connectivity index (χ2v) is 6.86. The highest BCUT2D eigenvalue weighted by Crippen LogP contribution is 2.39. The number of rotatable bonds is 6. The van der Waals surface area contributed by atoms with Crippen LogP contribution in [-0.2, 0) is 4.79 Å². The average molecular weight is 360 g/mol. The summed E-state index contributed by atoms with van der Waals surface area (Å²) < 4.78 is 10.6. The number of ether oxygens (including phenoxy) is 2. The summed E-state index contributed by atoms with van der Waals surface area (Å²) in [5.74, 6) is 2.13. The second-order valence-electron chi connectivity index (χ2n) is 5.92. The number of aromatic amines is 1. The minimum absolute atomic E-state index is 0.105. The third-order valence-corrected chi connectivity index (χ3v) is 4.79. The van der Waals surface area contributed by atoms with Crippen LogP contribution in [0, 0.1) is 0 Å². The first kappa shape index (κ1) is 15.9. The normalized spacial score (nSPS) is 15.2. The van der Waals surface area contributed by atoms with E-state index in [1.165, 1.54) is 18.7 Å². The maximum atomic E-state index is 12.2. The van der Waals surface area contributed by atoms with Gasteiger partial charge in [0.25, 0.3) is 0 Å². The van der Waals surface area contributed by atoms with E-state index < -0.39 is 0 Å². The number of amides is 1. The van der Waals surface area contributed by atoms with E-state index >= 15 is 0 Å². The van der Waals surface area contributed by atoms with Gasteiger partial charge in [0, 0.05) is 17.5 Å². The number of anilines is 1. The summed E-state index contributed by atoms with van der Waals surface area (Å²) in [6.07, 6.45) is 2.27. The number of thioether (sulfide) groups is 1. The Bertz CT molecular complexity index is 847. The Morgan fingerprint density at radius 1 is 1.32 bits per heavy atom. The zero-order valence-electron chi connectivity index (χ0n) is 13.5. The number of hydrogen-bond donors (Lipinski definition) is 2. The van der Waals surface area contributed by atoms with Crippen LogP contribution in [0.15, 0.2) is 17.3 Å². The molecule has 2 heterocycles. The Balaban J connectivity index is 1.42. The molecule has 0 radical (unpaired) electrons. The molecular formula is C16H16N4O4S. The Morgan fingerprint density at radius 2 is 2.08 bits per heavy atom. The van der Waals surface area contributed by atoms with Gasteiger partial charge < -0.3 is 14.8 Å². The van der Waals surface area contributed by atoms with Crippen molar-refractivity contribution in [1.82, 2.24) is 15.2 Å². The molecule has 0 unspecified atom stereocenters. The minimum atomic E-state index is -0.246. The highest BCUT2D eigenvalue weighted by Gasteiger charge is 2.27. The van der Waals surface area contributed by atoms with Gasteiger partial charge in [0.15, 0.2) is 17.3 Å². The van der Waals surface area contributed by atoms with Crippen molar-refractivity contribution < 1.29 is 19.1 Å². The Morgan fingerprint density at radius 3 is 2.80 bits per heavy atom. The number of nitrogens with one attached hydrogen (secondary N) is 2. The number of fused-ring (bicyclic) bond motifs is 1. The van der Waals surface area contributed by atoms with E-state index in [1.807, 2.05) is 0 Å². The van der Waals surface area contributed by atoms with Gasteiger partial charge in [-0.15, -0.1) is 5.10 Å². The SMILES string of the molecule is CC(=O)c1cc2c(cc1NC(=O)CSc1n[nH]c(C3CC3)n1)OCO2. The van der Waals surface area contributed by atoms with E-state index in [2.05, 4.69) is 20.5 Å². The van der Waals surface area contributed by atoms with E-state index in [0.29, 0.717) is 33.8 Å². The standard InChI is InChI=1S/C16H16N4O4S/c1-8(21)10-4-12-13(24-7-23-12)5-11(10)17-14(22)6-25-16-18-15(19-20-16)9-2-3-9/h4-5,9H,2-3,6-7H2,1H3,(H,17,22)(H,18,19,20). The van der Waals surface area contributed by atoms with Crippen molar-refractivity contribution in [2.75, 3.05) is 17.9 Å². The molecule has 25 heavy (non-hydrogen) atoms. The van der Waals surface area contributed by atoms with Crippen molar-refractivity contribution in [3.8, 4) is 11.5 Å². The number of Topliss-reactive ketones (excluding diaryl/α,β-unsaturated/α-hetero) is 1. The van der Waals surface area contributed by atoms with Crippen LogP contribution in [-0.4, -0.2) is 39.4 Å². The third-order valence-electron chi connectivity index (χ3n) is 3.94. The number of benzene rings is 1. The van der Waals surface area contributed by atoms with Gasteiger partial charge in [-0.05, 0) is 25.8 Å². The molecule has 0 atom stereocenters. The van der Waals surface area contributed by atoms with E-state index in [4.69, 9.17) is 9.47 Å². The molecule has 2 aromatic rings. The van der Waals surface area contributed by atoms with E-state index in [9.17, 15) is 9.59 Å². The molecule has 1 fully saturated rings. The van der Waals surface area contributed by atoms with Gasteiger partial charge in [-0.25, -0.2) is 4.98 Å². The molecule has 1 aliphatic carbocycles. The number of nitrogens with zero attached hydrogens (tertiary/aromatic N) is 2. The fourth-order valence-corrected chi connectivity index (χ4v) is 3.12.